The normalized spacial score (nSPS) is 11.5. The highest BCUT2D eigenvalue weighted by atomic mass is 16.6. The van der Waals surface area contributed by atoms with E-state index in [-0.39, 0.29) is 23.3 Å². The van der Waals surface area contributed by atoms with Crippen molar-refractivity contribution in [3.63, 3.8) is 0 Å². The first-order chi connectivity index (χ1) is 11.4. The van der Waals surface area contributed by atoms with Crippen molar-refractivity contribution in [3.8, 4) is 11.5 Å². The molecular weight excluding hydrogens is 310 g/mol. The van der Waals surface area contributed by atoms with Crippen molar-refractivity contribution >= 4 is 17.8 Å². The molecule has 1 amide bonds. The van der Waals surface area contributed by atoms with Crippen LogP contribution in [-0.4, -0.2) is 24.4 Å². The van der Waals surface area contributed by atoms with Crippen molar-refractivity contribution in [2.75, 3.05) is 6.54 Å². The molecule has 1 rings (SSSR count). The van der Waals surface area contributed by atoms with E-state index in [1.165, 1.54) is 19.9 Å². The first-order valence-electron chi connectivity index (χ1n) is 8.17. The molecule has 0 heterocycles. The topological polar surface area (TPSA) is 81.7 Å². The Morgan fingerprint density at radius 2 is 1.67 bits per heavy atom. The third kappa shape index (κ3) is 6.02. The quantitative estimate of drug-likeness (QED) is 0.449. The SMILES string of the molecule is CCCCNC(=O)C(CC)c1ccc(OC(C)=O)c(OC(C)=O)c1. The van der Waals surface area contributed by atoms with Gasteiger partial charge in [0.25, 0.3) is 0 Å². The summed E-state index contributed by atoms with van der Waals surface area (Å²) in [6.07, 6.45) is 2.53. The minimum Gasteiger partial charge on any atom is -0.423 e. The first kappa shape index (κ1) is 19.7. The summed E-state index contributed by atoms with van der Waals surface area (Å²) in [5.74, 6) is -1.18. The molecule has 1 unspecified atom stereocenters. The van der Waals surface area contributed by atoms with Crippen LogP contribution >= 0.6 is 0 Å². The second kappa shape index (κ2) is 9.70. The summed E-state index contributed by atoms with van der Waals surface area (Å²) in [5.41, 5.74) is 0.707. The van der Waals surface area contributed by atoms with Gasteiger partial charge in [-0.15, -0.1) is 0 Å². The van der Waals surface area contributed by atoms with E-state index in [2.05, 4.69) is 12.2 Å². The highest BCUT2D eigenvalue weighted by molar-refractivity contribution is 5.84. The van der Waals surface area contributed by atoms with E-state index in [0.29, 0.717) is 18.5 Å². The summed E-state index contributed by atoms with van der Waals surface area (Å²) in [7, 11) is 0. The molecule has 0 bridgehead atoms. The summed E-state index contributed by atoms with van der Waals surface area (Å²) in [6.45, 7) is 7.13. The summed E-state index contributed by atoms with van der Waals surface area (Å²) >= 11 is 0. The van der Waals surface area contributed by atoms with Gasteiger partial charge in [0.1, 0.15) is 0 Å². The molecule has 132 valence electrons. The fraction of sp³-hybridized carbons (Fsp3) is 0.500. The molecule has 1 atom stereocenters. The molecule has 1 N–H and O–H groups in total. The first-order valence-corrected chi connectivity index (χ1v) is 8.17. The zero-order valence-electron chi connectivity index (χ0n) is 14.7. The van der Waals surface area contributed by atoms with Crippen LogP contribution in [0.3, 0.4) is 0 Å². The van der Waals surface area contributed by atoms with E-state index >= 15 is 0 Å². The predicted molar refractivity (Wildman–Crippen MR) is 90.0 cm³/mol. The average molecular weight is 335 g/mol. The minimum atomic E-state index is -0.527. The monoisotopic (exact) mass is 335 g/mol. The predicted octanol–water partition coefficient (Wildman–Crippen LogP) is 2.95. The van der Waals surface area contributed by atoms with Crippen molar-refractivity contribution in [2.24, 2.45) is 0 Å². The van der Waals surface area contributed by atoms with Crippen molar-refractivity contribution in [2.45, 2.75) is 52.9 Å². The number of amides is 1. The zero-order valence-corrected chi connectivity index (χ0v) is 14.7. The van der Waals surface area contributed by atoms with Gasteiger partial charge in [-0.2, -0.15) is 0 Å². The molecule has 1 aromatic rings. The average Bonchev–Trinajstić information content (AvgIpc) is 2.49. The van der Waals surface area contributed by atoms with Crippen molar-refractivity contribution in [3.05, 3.63) is 23.8 Å². The van der Waals surface area contributed by atoms with Crippen LogP contribution in [0, 0.1) is 0 Å². The third-order valence-electron chi connectivity index (χ3n) is 3.43. The van der Waals surface area contributed by atoms with Crippen molar-refractivity contribution in [1.29, 1.82) is 0 Å². The van der Waals surface area contributed by atoms with Gasteiger partial charge in [0, 0.05) is 20.4 Å². The van der Waals surface area contributed by atoms with Crippen LogP contribution in [0.1, 0.15) is 58.4 Å². The van der Waals surface area contributed by atoms with Crippen LogP contribution in [0.25, 0.3) is 0 Å². The smallest absolute Gasteiger partial charge is 0.308 e. The number of esters is 2. The Morgan fingerprint density at radius 1 is 1.04 bits per heavy atom. The number of hydrogen-bond acceptors (Lipinski definition) is 5. The number of ether oxygens (including phenoxy) is 2. The summed E-state index contributed by atoms with van der Waals surface area (Å²) in [5, 5.41) is 2.91. The molecule has 0 saturated heterocycles. The van der Waals surface area contributed by atoms with Gasteiger partial charge < -0.3 is 14.8 Å². The van der Waals surface area contributed by atoms with E-state index < -0.39 is 11.9 Å². The van der Waals surface area contributed by atoms with E-state index in [0.717, 1.165) is 12.8 Å². The molecule has 0 aromatic heterocycles. The van der Waals surface area contributed by atoms with E-state index in [9.17, 15) is 14.4 Å². The molecule has 0 aliphatic carbocycles. The molecule has 1 aromatic carbocycles. The Kier molecular flexibility index (Phi) is 7.95. The lowest BCUT2D eigenvalue weighted by atomic mass is 9.95. The fourth-order valence-corrected chi connectivity index (χ4v) is 2.30. The van der Waals surface area contributed by atoms with Crippen LogP contribution in [0.15, 0.2) is 18.2 Å². The van der Waals surface area contributed by atoms with Crippen LogP contribution in [0.5, 0.6) is 11.5 Å². The summed E-state index contributed by atoms with van der Waals surface area (Å²) in [6, 6.07) is 4.82. The Morgan fingerprint density at radius 3 is 2.21 bits per heavy atom. The molecule has 0 aliphatic heterocycles. The van der Waals surface area contributed by atoms with Gasteiger partial charge in [-0.25, -0.2) is 0 Å². The molecule has 0 saturated carbocycles. The van der Waals surface area contributed by atoms with E-state index in [4.69, 9.17) is 9.47 Å². The standard InChI is InChI=1S/C18H25NO5/c1-5-7-10-19-18(22)15(6-2)14-8-9-16(23-12(3)20)17(11-14)24-13(4)21/h8-9,11,15H,5-7,10H2,1-4H3,(H,19,22). The van der Waals surface area contributed by atoms with Crippen molar-refractivity contribution in [1.82, 2.24) is 5.32 Å². The van der Waals surface area contributed by atoms with Gasteiger partial charge in [-0.05, 0) is 30.5 Å². The molecule has 0 spiro atoms. The largest absolute Gasteiger partial charge is 0.423 e. The minimum absolute atomic E-state index is 0.0695. The van der Waals surface area contributed by atoms with Gasteiger partial charge in [-0.1, -0.05) is 26.3 Å². The Labute approximate surface area is 142 Å². The van der Waals surface area contributed by atoms with Crippen LogP contribution in [0.4, 0.5) is 0 Å². The van der Waals surface area contributed by atoms with Gasteiger partial charge in [0.2, 0.25) is 5.91 Å². The summed E-state index contributed by atoms with van der Waals surface area (Å²) < 4.78 is 10.1. The van der Waals surface area contributed by atoms with Gasteiger partial charge in [0.05, 0.1) is 5.92 Å². The summed E-state index contributed by atoms with van der Waals surface area (Å²) in [4.78, 5) is 34.8. The Bertz CT molecular complexity index is 597. The lowest BCUT2D eigenvalue weighted by Gasteiger charge is -2.17. The Hall–Kier alpha value is -2.37. The molecule has 24 heavy (non-hydrogen) atoms. The lowest BCUT2D eigenvalue weighted by Crippen LogP contribution is -2.30. The maximum Gasteiger partial charge on any atom is 0.308 e. The van der Waals surface area contributed by atoms with E-state index in [1.54, 1.807) is 12.1 Å². The molecule has 6 heteroatoms. The number of carbonyl (C=O) groups is 3. The molecule has 0 aliphatic rings. The lowest BCUT2D eigenvalue weighted by molar-refractivity contribution is -0.134. The third-order valence-corrected chi connectivity index (χ3v) is 3.43. The molecule has 0 fully saturated rings. The Balaban J connectivity index is 3.05. The number of carbonyl (C=O) groups excluding carboxylic acids is 3. The maximum absolute atomic E-state index is 12.3. The second-order valence-electron chi connectivity index (χ2n) is 5.50. The number of unbranched alkanes of at least 4 members (excludes halogenated alkanes) is 1. The fourth-order valence-electron chi connectivity index (χ4n) is 2.30. The number of benzene rings is 1. The van der Waals surface area contributed by atoms with Gasteiger partial charge in [-0.3, -0.25) is 14.4 Å². The van der Waals surface area contributed by atoms with Crippen LogP contribution in [0.2, 0.25) is 0 Å². The number of hydrogen-bond donors (Lipinski definition) is 1. The van der Waals surface area contributed by atoms with E-state index in [1.807, 2.05) is 6.92 Å². The zero-order chi connectivity index (χ0) is 18.1. The van der Waals surface area contributed by atoms with Crippen LogP contribution in [-0.2, 0) is 14.4 Å². The number of rotatable bonds is 8. The van der Waals surface area contributed by atoms with Gasteiger partial charge >= 0.3 is 11.9 Å². The van der Waals surface area contributed by atoms with Gasteiger partial charge in [0.15, 0.2) is 11.5 Å². The second-order valence-corrected chi connectivity index (χ2v) is 5.50. The highest BCUT2D eigenvalue weighted by Crippen LogP contribution is 2.32. The molecular formula is C18H25NO5. The molecule has 6 nitrogen and oxygen atoms in total. The van der Waals surface area contributed by atoms with Crippen molar-refractivity contribution < 1.29 is 23.9 Å². The highest BCUT2D eigenvalue weighted by Gasteiger charge is 2.21. The molecule has 0 radical (unpaired) electrons. The maximum atomic E-state index is 12.3. The number of nitrogens with one attached hydrogen (secondary N) is 1. The van der Waals surface area contributed by atoms with Crippen LogP contribution < -0.4 is 14.8 Å².